The van der Waals surface area contributed by atoms with Crippen LogP contribution in [0.25, 0.3) is 0 Å². The summed E-state index contributed by atoms with van der Waals surface area (Å²) in [6.45, 7) is 0. The minimum absolute atomic E-state index is 0.100. The molecule has 0 N–H and O–H groups in total. The van der Waals surface area contributed by atoms with Gasteiger partial charge in [0.25, 0.3) is 0 Å². The highest BCUT2D eigenvalue weighted by molar-refractivity contribution is 7.91. The van der Waals surface area contributed by atoms with E-state index < -0.39 is 9.84 Å². The molecule has 0 saturated carbocycles. The zero-order valence-corrected chi connectivity index (χ0v) is 10.7. The van der Waals surface area contributed by atoms with Crippen LogP contribution in [0.5, 0.6) is 5.75 Å². The lowest BCUT2D eigenvalue weighted by molar-refractivity contribution is 0.0994. The fourth-order valence-electron chi connectivity index (χ4n) is 2.55. The summed E-state index contributed by atoms with van der Waals surface area (Å²) in [4.78, 5) is 11.5. The van der Waals surface area contributed by atoms with Crippen molar-refractivity contribution in [2.45, 2.75) is 25.4 Å². The summed E-state index contributed by atoms with van der Waals surface area (Å²) in [6, 6.07) is 5.40. The third-order valence-electron chi connectivity index (χ3n) is 3.49. The van der Waals surface area contributed by atoms with E-state index in [1.807, 2.05) is 6.07 Å². The Labute approximate surface area is 106 Å². The predicted molar refractivity (Wildman–Crippen MR) is 66.8 cm³/mol. The molecule has 1 heterocycles. The first kappa shape index (κ1) is 11.7. The van der Waals surface area contributed by atoms with Crippen LogP contribution in [0, 0.1) is 0 Å². The molecule has 0 aromatic heterocycles. The molecule has 1 fully saturated rings. The number of hydrogen-bond donors (Lipinski definition) is 0. The number of carbonyl (C=O) groups excluding carboxylic acids is 1. The lowest BCUT2D eigenvalue weighted by Crippen LogP contribution is -2.17. The summed E-state index contributed by atoms with van der Waals surface area (Å²) in [5.41, 5.74) is 1.79. The Balaban J connectivity index is 1.77. The van der Waals surface area contributed by atoms with Gasteiger partial charge >= 0.3 is 0 Å². The summed E-state index contributed by atoms with van der Waals surface area (Å²) in [7, 11) is -2.91. The Morgan fingerprint density at radius 1 is 1.22 bits per heavy atom. The van der Waals surface area contributed by atoms with Crippen molar-refractivity contribution in [2.75, 3.05) is 11.5 Å². The standard InChI is InChI=1S/C13H14O4S/c14-13-4-1-9-7-10(2-3-12(9)13)17-11-5-6-18(15,16)8-11/h2-3,7,11H,1,4-6,8H2. The molecule has 0 radical (unpaired) electrons. The van der Waals surface area contributed by atoms with Gasteiger partial charge in [-0.15, -0.1) is 0 Å². The maximum absolute atomic E-state index is 11.5. The monoisotopic (exact) mass is 266 g/mol. The average molecular weight is 266 g/mol. The fraction of sp³-hybridized carbons (Fsp3) is 0.462. The van der Waals surface area contributed by atoms with Crippen molar-refractivity contribution < 1.29 is 17.9 Å². The zero-order valence-electron chi connectivity index (χ0n) is 9.89. The van der Waals surface area contributed by atoms with E-state index in [1.54, 1.807) is 12.1 Å². The first-order valence-corrected chi connectivity index (χ1v) is 7.89. The molecule has 0 spiro atoms. The molecule has 0 amide bonds. The lowest BCUT2D eigenvalue weighted by Gasteiger charge is -2.12. The maximum Gasteiger partial charge on any atom is 0.163 e. The fourth-order valence-corrected chi connectivity index (χ4v) is 4.14. The molecule has 2 aliphatic rings. The van der Waals surface area contributed by atoms with E-state index in [4.69, 9.17) is 4.74 Å². The Morgan fingerprint density at radius 3 is 2.78 bits per heavy atom. The van der Waals surface area contributed by atoms with Crippen LogP contribution in [0.2, 0.25) is 0 Å². The number of aryl methyl sites for hydroxylation is 1. The summed E-state index contributed by atoms with van der Waals surface area (Å²) < 4.78 is 28.4. The molecule has 1 aliphatic carbocycles. The second-order valence-electron chi connectivity index (χ2n) is 4.89. The Morgan fingerprint density at radius 2 is 2.06 bits per heavy atom. The molecule has 1 atom stereocenters. The van der Waals surface area contributed by atoms with Gasteiger partial charge in [-0.1, -0.05) is 0 Å². The zero-order chi connectivity index (χ0) is 12.8. The number of benzene rings is 1. The van der Waals surface area contributed by atoms with E-state index in [-0.39, 0.29) is 23.4 Å². The lowest BCUT2D eigenvalue weighted by atomic mass is 10.1. The number of fused-ring (bicyclic) bond motifs is 1. The van der Waals surface area contributed by atoms with Gasteiger partial charge in [0.05, 0.1) is 11.5 Å². The van der Waals surface area contributed by atoms with Crippen molar-refractivity contribution in [3.05, 3.63) is 29.3 Å². The molecule has 4 nitrogen and oxygen atoms in total. The molecule has 1 aliphatic heterocycles. The first-order chi connectivity index (χ1) is 8.53. The van der Waals surface area contributed by atoms with Crippen molar-refractivity contribution >= 4 is 15.6 Å². The number of ketones is 1. The van der Waals surface area contributed by atoms with Crippen LogP contribution in [-0.2, 0) is 16.3 Å². The molecule has 18 heavy (non-hydrogen) atoms. The topological polar surface area (TPSA) is 60.4 Å². The Bertz CT molecular complexity index is 603. The number of sulfone groups is 1. The summed E-state index contributed by atoms with van der Waals surface area (Å²) in [6.07, 6.45) is 1.63. The van der Waals surface area contributed by atoms with Crippen LogP contribution in [-0.4, -0.2) is 31.8 Å². The number of Topliss-reactive ketones (excluding diaryl/α,β-unsaturated/α-hetero) is 1. The van der Waals surface area contributed by atoms with Gasteiger partial charge in [-0.05, 0) is 36.6 Å². The smallest absolute Gasteiger partial charge is 0.163 e. The van der Waals surface area contributed by atoms with E-state index in [0.717, 1.165) is 17.5 Å². The predicted octanol–water partition coefficient (Wildman–Crippen LogP) is 1.38. The van der Waals surface area contributed by atoms with E-state index >= 15 is 0 Å². The highest BCUT2D eigenvalue weighted by Crippen LogP contribution is 2.27. The van der Waals surface area contributed by atoms with E-state index in [9.17, 15) is 13.2 Å². The van der Waals surface area contributed by atoms with Crippen LogP contribution in [0.4, 0.5) is 0 Å². The number of ether oxygens (including phenoxy) is 1. The molecule has 1 aromatic carbocycles. The van der Waals surface area contributed by atoms with Crippen molar-refractivity contribution in [2.24, 2.45) is 0 Å². The molecule has 1 aromatic rings. The van der Waals surface area contributed by atoms with Gasteiger partial charge in [0.15, 0.2) is 15.6 Å². The Hall–Kier alpha value is -1.36. The van der Waals surface area contributed by atoms with Gasteiger partial charge in [-0.3, -0.25) is 4.79 Å². The summed E-state index contributed by atoms with van der Waals surface area (Å²) in [5.74, 6) is 1.16. The maximum atomic E-state index is 11.5. The first-order valence-electron chi connectivity index (χ1n) is 6.07. The van der Waals surface area contributed by atoms with Gasteiger partial charge in [0, 0.05) is 12.0 Å². The summed E-state index contributed by atoms with van der Waals surface area (Å²) in [5, 5.41) is 0. The van der Waals surface area contributed by atoms with Crippen LogP contribution in [0.3, 0.4) is 0 Å². The average Bonchev–Trinajstić information content (AvgIpc) is 2.83. The van der Waals surface area contributed by atoms with Gasteiger partial charge in [0.2, 0.25) is 0 Å². The minimum atomic E-state index is -2.91. The van der Waals surface area contributed by atoms with Gasteiger partial charge in [0.1, 0.15) is 11.9 Å². The van der Waals surface area contributed by atoms with Gasteiger partial charge in [-0.25, -0.2) is 8.42 Å². The second kappa shape index (κ2) is 4.09. The normalized spacial score (nSPS) is 25.1. The molecular weight excluding hydrogens is 252 g/mol. The second-order valence-corrected chi connectivity index (χ2v) is 7.11. The molecule has 5 heteroatoms. The van der Waals surface area contributed by atoms with E-state index in [0.29, 0.717) is 18.6 Å². The SMILES string of the molecule is O=C1CCc2cc(OC3CCS(=O)(=O)C3)ccc21. The van der Waals surface area contributed by atoms with Crippen LogP contribution < -0.4 is 4.74 Å². The number of hydrogen-bond acceptors (Lipinski definition) is 4. The van der Waals surface area contributed by atoms with Gasteiger partial charge < -0.3 is 4.74 Å². The molecule has 1 unspecified atom stereocenters. The quantitative estimate of drug-likeness (QED) is 0.811. The van der Waals surface area contributed by atoms with Crippen molar-refractivity contribution in [1.29, 1.82) is 0 Å². The van der Waals surface area contributed by atoms with Crippen LogP contribution in [0.15, 0.2) is 18.2 Å². The molecule has 96 valence electrons. The van der Waals surface area contributed by atoms with Crippen LogP contribution >= 0.6 is 0 Å². The number of carbonyl (C=O) groups is 1. The summed E-state index contributed by atoms with van der Waals surface area (Å²) >= 11 is 0. The van der Waals surface area contributed by atoms with Crippen molar-refractivity contribution in [3.63, 3.8) is 0 Å². The van der Waals surface area contributed by atoms with Crippen molar-refractivity contribution in [1.82, 2.24) is 0 Å². The molecule has 0 bridgehead atoms. The molecule has 3 rings (SSSR count). The highest BCUT2D eigenvalue weighted by atomic mass is 32.2. The third-order valence-corrected chi connectivity index (χ3v) is 5.23. The highest BCUT2D eigenvalue weighted by Gasteiger charge is 2.29. The Kier molecular flexibility index (Phi) is 2.66. The van der Waals surface area contributed by atoms with E-state index in [1.165, 1.54) is 0 Å². The molecular formula is C13H14O4S. The van der Waals surface area contributed by atoms with Crippen LogP contribution in [0.1, 0.15) is 28.8 Å². The van der Waals surface area contributed by atoms with Crippen molar-refractivity contribution in [3.8, 4) is 5.75 Å². The number of rotatable bonds is 2. The third kappa shape index (κ3) is 2.14. The molecule has 1 saturated heterocycles. The van der Waals surface area contributed by atoms with Gasteiger partial charge in [-0.2, -0.15) is 0 Å². The largest absolute Gasteiger partial charge is 0.489 e. The minimum Gasteiger partial charge on any atom is -0.489 e. The van der Waals surface area contributed by atoms with E-state index in [2.05, 4.69) is 0 Å².